The molecule has 0 aliphatic carbocycles. The predicted molar refractivity (Wildman–Crippen MR) is 78.6 cm³/mol. The van der Waals surface area contributed by atoms with Crippen molar-refractivity contribution in [2.24, 2.45) is 0 Å². The summed E-state index contributed by atoms with van der Waals surface area (Å²) in [6.07, 6.45) is 0. The maximum atomic E-state index is 12.2. The lowest BCUT2D eigenvalue weighted by molar-refractivity contribution is 0.0736. The highest BCUT2D eigenvalue weighted by atomic mass is 16.5. The first-order valence-electron chi connectivity index (χ1n) is 6.45. The molecule has 0 amide bonds. The van der Waals surface area contributed by atoms with E-state index >= 15 is 0 Å². The fourth-order valence-corrected chi connectivity index (χ4v) is 2.10. The maximum absolute atomic E-state index is 12.2. The lowest BCUT2D eigenvalue weighted by Gasteiger charge is -2.07. The highest BCUT2D eigenvalue weighted by molar-refractivity contribution is 5.94. The second kappa shape index (κ2) is 5.25. The Morgan fingerprint density at radius 3 is 2.67 bits per heavy atom. The Morgan fingerprint density at radius 2 is 1.86 bits per heavy atom. The summed E-state index contributed by atoms with van der Waals surface area (Å²) in [4.78, 5) is 23.7. The molecule has 1 aromatic heterocycles. The van der Waals surface area contributed by atoms with Crippen LogP contribution in [0.2, 0.25) is 0 Å². The molecular formula is C17H12O4. The fourth-order valence-electron chi connectivity index (χ4n) is 2.10. The fraction of sp³-hybridized carbons (Fsp3) is 0.0588. The molecule has 0 radical (unpaired) electrons. The molecule has 4 nitrogen and oxygen atoms in total. The van der Waals surface area contributed by atoms with Crippen LogP contribution in [-0.2, 0) is 0 Å². The van der Waals surface area contributed by atoms with Gasteiger partial charge < -0.3 is 9.15 Å². The van der Waals surface area contributed by atoms with Gasteiger partial charge in [-0.3, -0.25) is 0 Å². The van der Waals surface area contributed by atoms with Crippen molar-refractivity contribution in [1.82, 2.24) is 0 Å². The van der Waals surface area contributed by atoms with Crippen LogP contribution in [0.1, 0.15) is 15.9 Å². The molecule has 0 saturated carbocycles. The number of aryl methyl sites for hydroxylation is 1. The van der Waals surface area contributed by atoms with E-state index in [1.54, 1.807) is 42.5 Å². The summed E-state index contributed by atoms with van der Waals surface area (Å²) in [7, 11) is 0. The third kappa shape index (κ3) is 2.69. The molecule has 0 saturated heterocycles. The van der Waals surface area contributed by atoms with Crippen molar-refractivity contribution in [1.29, 1.82) is 0 Å². The lowest BCUT2D eigenvalue weighted by atomic mass is 10.1. The van der Waals surface area contributed by atoms with E-state index in [1.807, 2.05) is 13.0 Å². The largest absolute Gasteiger partial charge is 0.422 e. The molecule has 3 rings (SSSR count). The number of carbonyl (C=O) groups excluding carboxylic acids is 1. The lowest BCUT2D eigenvalue weighted by Crippen LogP contribution is -2.10. The minimum Gasteiger partial charge on any atom is -0.422 e. The zero-order chi connectivity index (χ0) is 14.8. The van der Waals surface area contributed by atoms with Crippen LogP contribution >= 0.6 is 0 Å². The molecule has 0 spiro atoms. The molecule has 0 unspecified atom stereocenters. The third-order valence-corrected chi connectivity index (χ3v) is 3.07. The normalized spacial score (nSPS) is 10.5. The van der Waals surface area contributed by atoms with E-state index in [-0.39, 0.29) is 5.75 Å². The molecule has 0 atom stereocenters. The molecular weight excluding hydrogens is 268 g/mol. The molecule has 4 heteroatoms. The molecule has 104 valence electrons. The van der Waals surface area contributed by atoms with E-state index in [2.05, 4.69) is 0 Å². The molecule has 2 aromatic carbocycles. The monoisotopic (exact) mass is 280 g/mol. The highest BCUT2D eigenvalue weighted by Gasteiger charge is 2.12. The first-order chi connectivity index (χ1) is 10.1. The van der Waals surface area contributed by atoms with E-state index in [0.29, 0.717) is 16.5 Å². The number of esters is 1. The van der Waals surface area contributed by atoms with Crippen molar-refractivity contribution in [2.45, 2.75) is 6.92 Å². The molecule has 0 fully saturated rings. The Labute approximate surface area is 120 Å². The summed E-state index contributed by atoms with van der Waals surface area (Å²) in [5.41, 5.74) is 1.23. The van der Waals surface area contributed by atoms with Gasteiger partial charge in [0.2, 0.25) is 0 Å². The summed E-state index contributed by atoms with van der Waals surface area (Å²) in [5.74, 6) is -0.303. The van der Waals surface area contributed by atoms with Crippen LogP contribution in [0.15, 0.2) is 63.8 Å². The Hall–Kier alpha value is -2.88. The standard InChI is InChI=1S/C17H12O4/c1-11-5-4-6-12(9-11)17(19)21-15-10-16(18)20-14-8-3-2-7-13(14)15/h2-10H,1H3. The van der Waals surface area contributed by atoms with Crippen molar-refractivity contribution in [3.8, 4) is 5.75 Å². The van der Waals surface area contributed by atoms with E-state index in [9.17, 15) is 9.59 Å². The van der Waals surface area contributed by atoms with Gasteiger partial charge in [0.05, 0.1) is 17.0 Å². The molecule has 0 bridgehead atoms. The summed E-state index contributed by atoms with van der Waals surface area (Å²) in [5, 5.41) is 0.582. The summed E-state index contributed by atoms with van der Waals surface area (Å²) >= 11 is 0. The summed E-state index contributed by atoms with van der Waals surface area (Å²) < 4.78 is 10.4. The van der Waals surface area contributed by atoms with Crippen LogP contribution in [0.4, 0.5) is 0 Å². The molecule has 21 heavy (non-hydrogen) atoms. The topological polar surface area (TPSA) is 56.5 Å². The van der Waals surface area contributed by atoms with Gasteiger partial charge >= 0.3 is 11.6 Å². The minimum atomic E-state index is -0.555. The number of rotatable bonds is 2. The van der Waals surface area contributed by atoms with Crippen molar-refractivity contribution < 1.29 is 13.9 Å². The number of hydrogen-bond acceptors (Lipinski definition) is 4. The zero-order valence-corrected chi connectivity index (χ0v) is 11.3. The molecule has 1 heterocycles. The van der Waals surface area contributed by atoms with Crippen LogP contribution in [0.3, 0.4) is 0 Å². The third-order valence-electron chi connectivity index (χ3n) is 3.07. The Balaban J connectivity index is 2.02. The first-order valence-corrected chi connectivity index (χ1v) is 6.45. The van der Waals surface area contributed by atoms with Gasteiger partial charge in [-0.1, -0.05) is 29.8 Å². The minimum absolute atomic E-state index is 0.202. The maximum Gasteiger partial charge on any atom is 0.343 e. The molecule has 3 aromatic rings. The number of para-hydroxylation sites is 1. The smallest absolute Gasteiger partial charge is 0.343 e. The van der Waals surface area contributed by atoms with Crippen molar-refractivity contribution in [2.75, 3.05) is 0 Å². The Morgan fingerprint density at radius 1 is 1.05 bits per heavy atom. The number of carbonyl (C=O) groups is 1. The summed E-state index contributed by atoms with van der Waals surface area (Å²) in [6, 6.07) is 15.2. The van der Waals surface area contributed by atoms with Crippen LogP contribution < -0.4 is 10.4 Å². The molecule has 0 aliphatic rings. The number of ether oxygens (including phenoxy) is 1. The van der Waals surface area contributed by atoms with E-state index in [0.717, 1.165) is 5.56 Å². The quantitative estimate of drug-likeness (QED) is 0.533. The number of benzene rings is 2. The van der Waals surface area contributed by atoms with Gasteiger partial charge in [0.25, 0.3) is 0 Å². The summed E-state index contributed by atoms with van der Waals surface area (Å²) in [6.45, 7) is 1.89. The average Bonchev–Trinajstić information content (AvgIpc) is 2.47. The Bertz CT molecular complexity index is 877. The van der Waals surface area contributed by atoms with Gasteiger partial charge in [0.1, 0.15) is 11.3 Å². The molecule has 0 aliphatic heterocycles. The average molecular weight is 280 g/mol. The Kier molecular flexibility index (Phi) is 3.28. The van der Waals surface area contributed by atoms with Crippen LogP contribution in [0, 0.1) is 6.92 Å². The number of hydrogen-bond donors (Lipinski definition) is 0. The van der Waals surface area contributed by atoms with Crippen LogP contribution in [0.25, 0.3) is 11.0 Å². The van der Waals surface area contributed by atoms with E-state index < -0.39 is 11.6 Å². The van der Waals surface area contributed by atoms with Gasteiger partial charge in [-0.05, 0) is 31.2 Å². The van der Waals surface area contributed by atoms with Gasteiger partial charge in [0, 0.05) is 0 Å². The predicted octanol–water partition coefficient (Wildman–Crippen LogP) is 3.32. The van der Waals surface area contributed by atoms with Crippen molar-refractivity contribution in [3.63, 3.8) is 0 Å². The van der Waals surface area contributed by atoms with Gasteiger partial charge in [-0.2, -0.15) is 0 Å². The van der Waals surface area contributed by atoms with Crippen LogP contribution in [0.5, 0.6) is 5.75 Å². The van der Waals surface area contributed by atoms with Gasteiger partial charge in [0.15, 0.2) is 0 Å². The van der Waals surface area contributed by atoms with Crippen LogP contribution in [-0.4, -0.2) is 5.97 Å². The van der Waals surface area contributed by atoms with Gasteiger partial charge in [-0.25, -0.2) is 9.59 Å². The van der Waals surface area contributed by atoms with Gasteiger partial charge in [-0.15, -0.1) is 0 Å². The second-order valence-corrected chi connectivity index (χ2v) is 4.68. The molecule has 0 N–H and O–H groups in total. The SMILES string of the molecule is Cc1cccc(C(=O)Oc2cc(=O)oc3ccccc23)c1. The zero-order valence-electron chi connectivity index (χ0n) is 11.3. The van der Waals surface area contributed by atoms with E-state index in [4.69, 9.17) is 9.15 Å². The van der Waals surface area contributed by atoms with Crippen molar-refractivity contribution >= 4 is 16.9 Å². The van der Waals surface area contributed by atoms with Crippen molar-refractivity contribution in [3.05, 3.63) is 76.1 Å². The van der Waals surface area contributed by atoms with E-state index in [1.165, 1.54) is 6.07 Å². The second-order valence-electron chi connectivity index (χ2n) is 4.68. The highest BCUT2D eigenvalue weighted by Crippen LogP contribution is 2.24. The number of fused-ring (bicyclic) bond motifs is 1. The first kappa shape index (κ1) is 13.1.